The van der Waals surface area contributed by atoms with Crippen LogP contribution in [-0.4, -0.2) is 22.7 Å². The third-order valence-electron chi connectivity index (χ3n) is 3.04. The van der Waals surface area contributed by atoms with Crippen LogP contribution >= 0.6 is 11.5 Å². The Labute approximate surface area is 124 Å². The summed E-state index contributed by atoms with van der Waals surface area (Å²) < 4.78 is 9.66. The maximum Gasteiger partial charge on any atom is 0.119 e. The van der Waals surface area contributed by atoms with Crippen LogP contribution in [0.25, 0.3) is 0 Å². The Kier molecular flexibility index (Phi) is 5.49. The lowest BCUT2D eigenvalue weighted by atomic mass is 10.0. The van der Waals surface area contributed by atoms with Crippen molar-refractivity contribution in [1.29, 1.82) is 0 Å². The second-order valence-electron chi connectivity index (χ2n) is 4.63. The molecule has 0 radical (unpaired) electrons. The fraction of sp³-hybridized carbons (Fsp3) is 0.467. The van der Waals surface area contributed by atoms with Crippen molar-refractivity contribution < 1.29 is 4.74 Å². The molecule has 5 heteroatoms. The van der Waals surface area contributed by atoms with Crippen LogP contribution in [0, 0.1) is 6.92 Å². The minimum Gasteiger partial charge on any atom is -0.494 e. The van der Waals surface area contributed by atoms with Crippen molar-refractivity contribution in [3.8, 4) is 5.75 Å². The SMILES string of the molecule is CCCOc1ccc(C(NCC)c2snnc2C)cc1. The number of ether oxygens (including phenoxy) is 1. The second kappa shape index (κ2) is 7.36. The van der Waals surface area contributed by atoms with E-state index < -0.39 is 0 Å². The predicted molar refractivity (Wildman–Crippen MR) is 82.4 cm³/mol. The molecule has 20 heavy (non-hydrogen) atoms. The van der Waals surface area contributed by atoms with Gasteiger partial charge in [0.25, 0.3) is 0 Å². The number of rotatable bonds is 7. The van der Waals surface area contributed by atoms with Crippen molar-refractivity contribution in [3.05, 3.63) is 40.4 Å². The Morgan fingerprint density at radius 3 is 2.55 bits per heavy atom. The van der Waals surface area contributed by atoms with Gasteiger partial charge in [0.05, 0.1) is 23.2 Å². The molecule has 108 valence electrons. The second-order valence-corrected chi connectivity index (χ2v) is 5.42. The van der Waals surface area contributed by atoms with Crippen molar-refractivity contribution in [1.82, 2.24) is 14.9 Å². The molecule has 1 aromatic carbocycles. The molecule has 1 atom stereocenters. The molecule has 1 aromatic heterocycles. The summed E-state index contributed by atoms with van der Waals surface area (Å²) in [4.78, 5) is 1.18. The molecule has 0 aliphatic rings. The largest absolute Gasteiger partial charge is 0.494 e. The van der Waals surface area contributed by atoms with Gasteiger partial charge in [-0.25, -0.2) is 0 Å². The van der Waals surface area contributed by atoms with Crippen molar-refractivity contribution in [2.45, 2.75) is 33.2 Å². The van der Waals surface area contributed by atoms with E-state index in [4.69, 9.17) is 4.74 Å². The molecule has 0 saturated carbocycles. The number of aryl methyl sites for hydroxylation is 1. The lowest BCUT2D eigenvalue weighted by molar-refractivity contribution is 0.317. The topological polar surface area (TPSA) is 47.0 Å². The monoisotopic (exact) mass is 291 g/mol. The molecule has 4 nitrogen and oxygen atoms in total. The van der Waals surface area contributed by atoms with Gasteiger partial charge in [-0.2, -0.15) is 0 Å². The average Bonchev–Trinajstić information content (AvgIpc) is 2.89. The Morgan fingerprint density at radius 2 is 2.00 bits per heavy atom. The van der Waals surface area contributed by atoms with Gasteiger partial charge in [-0.1, -0.05) is 30.5 Å². The zero-order valence-electron chi connectivity index (χ0n) is 12.2. The normalized spacial score (nSPS) is 12.3. The number of aromatic nitrogens is 2. The fourth-order valence-corrected chi connectivity index (χ4v) is 2.79. The highest BCUT2D eigenvalue weighted by atomic mass is 32.1. The molecular weight excluding hydrogens is 270 g/mol. The van der Waals surface area contributed by atoms with E-state index >= 15 is 0 Å². The number of nitrogens with zero attached hydrogens (tertiary/aromatic N) is 2. The average molecular weight is 291 g/mol. The summed E-state index contributed by atoms with van der Waals surface area (Å²) in [6.45, 7) is 7.87. The van der Waals surface area contributed by atoms with Crippen LogP contribution in [0.5, 0.6) is 5.75 Å². The highest BCUT2D eigenvalue weighted by Crippen LogP contribution is 2.27. The first-order valence-electron chi connectivity index (χ1n) is 7.01. The predicted octanol–water partition coefficient (Wildman–Crippen LogP) is 3.33. The van der Waals surface area contributed by atoms with Gasteiger partial charge in [0, 0.05) is 0 Å². The smallest absolute Gasteiger partial charge is 0.119 e. The standard InChI is InChI=1S/C15H21N3OS/c1-4-10-19-13-8-6-12(7-9-13)14(16-5-2)15-11(3)17-18-20-15/h6-9,14,16H,4-5,10H2,1-3H3. The lowest BCUT2D eigenvalue weighted by Crippen LogP contribution is -2.21. The van der Waals surface area contributed by atoms with Crippen LogP contribution in [0.15, 0.2) is 24.3 Å². The number of nitrogens with one attached hydrogen (secondary N) is 1. The first-order chi connectivity index (χ1) is 9.76. The van der Waals surface area contributed by atoms with E-state index in [1.807, 2.05) is 19.1 Å². The molecule has 0 spiro atoms. The first kappa shape index (κ1) is 14.9. The lowest BCUT2D eigenvalue weighted by Gasteiger charge is -2.17. The van der Waals surface area contributed by atoms with Crippen molar-refractivity contribution >= 4 is 11.5 Å². The summed E-state index contributed by atoms with van der Waals surface area (Å²) in [5.41, 5.74) is 2.21. The molecule has 2 aromatic rings. The third-order valence-corrected chi connectivity index (χ3v) is 3.93. The van der Waals surface area contributed by atoms with E-state index in [1.54, 1.807) is 0 Å². The summed E-state index contributed by atoms with van der Waals surface area (Å²) in [5, 5.41) is 7.60. The van der Waals surface area contributed by atoms with Crippen LogP contribution in [0.3, 0.4) is 0 Å². The summed E-state index contributed by atoms with van der Waals surface area (Å²) in [5.74, 6) is 0.921. The Hall–Kier alpha value is -1.46. The van der Waals surface area contributed by atoms with Crippen molar-refractivity contribution in [2.75, 3.05) is 13.2 Å². The molecule has 2 rings (SSSR count). The Balaban J connectivity index is 2.19. The van der Waals surface area contributed by atoms with E-state index in [0.29, 0.717) is 0 Å². The Morgan fingerprint density at radius 1 is 1.25 bits per heavy atom. The molecule has 0 saturated heterocycles. The molecule has 0 amide bonds. The maximum atomic E-state index is 5.62. The summed E-state index contributed by atoms with van der Waals surface area (Å²) in [7, 11) is 0. The van der Waals surface area contributed by atoms with Crippen LogP contribution in [-0.2, 0) is 0 Å². The van der Waals surface area contributed by atoms with Gasteiger partial charge in [0.1, 0.15) is 5.75 Å². The highest BCUT2D eigenvalue weighted by Gasteiger charge is 2.18. The Bertz CT molecular complexity index is 524. The quantitative estimate of drug-likeness (QED) is 0.850. The number of hydrogen-bond acceptors (Lipinski definition) is 5. The summed E-state index contributed by atoms with van der Waals surface area (Å²) in [6.07, 6.45) is 1.02. The van der Waals surface area contributed by atoms with Crippen molar-refractivity contribution in [2.24, 2.45) is 0 Å². The zero-order chi connectivity index (χ0) is 14.4. The van der Waals surface area contributed by atoms with E-state index in [2.05, 4.69) is 40.9 Å². The number of hydrogen-bond donors (Lipinski definition) is 1. The van der Waals surface area contributed by atoms with Crippen LogP contribution < -0.4 is 10.1 Å². The van der Waals surface area contributed by atoms with Gasteiger partial charge in [0.15, 0.2) is 0 Å². The van der Waals surface area contributed by atoms with E-state index in [1.165, 1.54) is 22.0 Å². The van der Waals surface area contributed by atoms with Crippen LogP contribution in [0.1, 0.15) is 42.4 Å². The van der Waals surface area contributed by atoms with Gasteiger partial charge in [0.2, 0.25) is 0 Å². The van der Waals surface area contributed by atoms with Crippen LogP contribution in [0.4, 0.5) is 0 Å². The first-order valence-corrected chi connectivity index (χ1v) is 7.78. The molecule has 0 fully saturated rings. The van der Waals surface area contributed by atoms with Crippen LogP contribution in [0.2, 0.25) is 0 Å². The summed E-state index contributed by atoms with van der Waals surface area (Å²) >= 11 is 1.46. The fourth-order valence-electron chi connectivity index (χ4n) is 2.05. The van der Waals surface area contributed by atoms with Gasteiger partial charge in [-0.05, 0) is 49.1 Å². The van der Waals surface area contributed by atoms with E-state index in [9.17, 15) is 0 Å². The molecule has 0 bridgehead atoms. The van der Waals surface area contributed by atoms with E-state index in [-0.39, 0.29) is 6.04 Å². The van der Waals surface area contributed by atoms with Gasteiger partial charge >= 0.3 is 0 Å². The van der Waals surface area contributed by atoms with Gasteiger partial charge in [-0.3, -0.25) is 0 Å². The third kappa shape index (κ3) is 3.55. The molecular formula is C15H21N3OS. The minimum atomic E-state index is 0.153. The highest BCUT2D eigenvalue weighted by molar-refractivity contribution is 7.05. The molecule has 1 unspecified atom stereocenters. The minimum absolute atomic E-state index is 0.153. The van der Waals surface area contributed by atoms with Gasteiger partial charge < -0.3 is 10.1 Å². The van der Waals surface area contributed by atoms with Gasteiger partial charge in [-0.15, -0.1) is 5.10 Å². The molecule has 1 N–H and O–H groups in total. The van der Waals surface area contributed by atoms with E-state index in [0.717, 1.165) is 31.0 Å². The summed E-state index contributed by atoms with van der Waals surface area (Å²) in [6, 6.07) is 8.42. The molecule has 0 aliphatic carbocycles. The zero-order valence-corrected chi connectivity index (χ0v) is 13.0. The molecule has 1 heterocycles. The van der Waals surface area contributed by atoms with Crippen molar-refractivity contribution in [3.63, 3.8) is 0 Å². The molecule has 0 aliphatic heterocycles. The maximum absolute atomic E-state index is 5.62. The number of benzene rings is 1.